The zero-order valence-corrected chi connectivity index (χ0v) is 22.0. The molecule has 2 aliphatic rings. The first-order valence-corrected chi connectivity index (χ1v) is 14.6. The molecule has 2 aromatic carbocycles. The van der Waals surface area contributed by atoms with Crippen molar-refractivity contribution in [3.05, 3.63) is 95.1 Å². The summed E-state index contributed by atoms with van der Waals surface area (Å²) >= 11 is 1.56. The molecule has 1 saturated heterocycles. The van der Waals surface area contributed by atoms with Crippen LogP contribution in [0.5, 0.6) is 0 Å². The van der Waals surface area contributed by atoms with E-state index in [1.165, 1.54) is 16.4 Å². The van der Waals surface area contributed by atoms with Crippen molar-refractivity contribution in [1.82, 2.24) is 14.1 Å². The molecule has 0 aliphatic carbocycles. The van der Waals surface area contributed by atoms with Gasteiger partial charge in [0.1, 0.15) is 5.69 Å². The summed E-state index contributed by atoms with van der Waals surface area (Å²) in [4.78, 5) is 18.4. The van der Waals surface area contributed by atoms with Gasteiger partial charge in [-0.3, -0.25) is 0 Å². The standard InChI is InChI=1S/C28H24N4O4S2/c33-28-24(18-21-19-32(22-8-3-1-4-9-22)30-26(21)25-10-7-17-37-25)29-27(36-28)20-11-13-23(14-12-20)38(34,35)31-15-5-2-6-16-31/h1,3-4,7-14,17-19H,2,5-6,15-16H2. The molecule has 0 radical (unpaired) electrons. The van der Waals surface area contributed by atoms with Crippen LogP contribution in [0.15, 0.2) is 93.9 Å². The van der Waals surface area contributed by atoms with E-state index >= 15 is 0 Å². The van der Waals surface area contributed by atoms with Crippen molar-refractivity contribution in [3.63, 3.8) is 0 Å². The molecule has 192 valence electrons. The van der Waals surface area contributed by atoms with E-state index in [0.717, 1.165) is 41.1 Å². The Kier molecular flexibility index (Phi) is 6.52. The SMILES string of the molecule is O=C1OC(c2ccc(S(=O)(=O)N3CCCCC3)cc2)=NC1=Cc1cn(-c2ccccc2)nc1-c1cccs1. The Morgan fingerprint density at radius 1 is 0.921 bits per heavy atom. The number of aromatic nitrogens is 2. The average Bonchev–Trinajstić information content (AvgIpc) is 3.71. The maximum absolute atomic E-state index is 13.0. The average molecular weight is 545 g/mol. The Hall–Kier alpha value is -3.86. The molecule has 2 aliphatic heterocycles. The van der Waals surface area contributed by atoms with Crippen LogP contribution < -0.4 is 0 Å². The lowest BCUT2D eigenvalue weighted by Crippen LogP contribution is -2.35. The van der Waals surface area contributed by atoms with Crippen molar-refractivity contribution < 1.29 is 17.9 Å². The number of thiophene rings is 1. The van der Waals surface area contributed by atoms with Gasteiger partial charge >= 0.3 is 5.97 Å². The van der Waals surface area contributed by atoms with Crippen molar-refractivity contribution in [1.29, 1.82) is 0 Å². The zero-order chi connectivity index (χ0) is 26.1. The number of nitrogens with zero attached hydrogens (tertiary/aromatic N) is 4. The minimum atomic E-state index is -3.55. The fourth-order valence-electron chi connectivity index (χ4n) is 4.51. The molecule has 0 unspecified atom stereocenters. The number of para-hydroxylation sites is 1. The van der Waals surface area contributed by atoms with E-state index in [4.69, 9.17) is 9.84 Å². The predicted octanol–water partition coefficient (Wildman–Crippen LogP) is 5.12. The third-order valence-electron chi connectivity index (χ3n) is 6.48. The smallest absolute Gasteiger partial charge is 0.363 e. The van der Waals surface area contributed by atoms with Gasteiger partial charge in [-0.2, -0.15) is 9.40 Å². The van der Waals surface area contributed by atoms with Crippen LogP contribution in [0, 0.1) is 0 Å². The van der Waals surface area contributed by atoms with Gasteiger partial charge in [-0.15, -0.1) is 11.3 Å². The lowest BCUT2D eigenvalue weighted by molar-refractivity contribution is -0.129. The van der Waals surface area contributed by atoms with Crippen LogP contribution in [0.2, 0.25) is 0 Å². The first kappa shape index (κ1) is 24.5. The molecular formula is C28H24N4O4S2. The molecule has 2 aromatic heterocycles. The third-order valence-corrected chi connectivity index (χ3v) is 9.27. The summed E-state index contributed by atoms with van der Waals surface area (Å²) in [6, 6.07) is 20.0. The second-order valence-corrected chi connectivity index (χ2v) is 11.9. The van der Waals surface area contributed by atoms with Crippen LogP contribution in [0.1, 0.15) is 30.4 Å². The predicted molar refractivity (Wildman–Crippen MR) is 147 cm³/mol. The van der Waals surface area contributed by atoms with E-state index in [9.17, 15) is 13.2 Å². The number of hydrogen-bond acceptors (Lipinski definition) is 7. The fourth-order valence-corrected chi connectivity index (χ4v) is 6.76. The molecule has 38 heavy (non-hydrogen) atoms. The Morgan fingerprint density at radius 3 is 2.39 bits per heavy atom. The highest BCUT2D eigenvalue weighted by Crippen LogP contribution is 2.31. The van der Waals surface area contributed by atoms with Gasteiger partial charge < -0.3 is 4.74 Å². The molecule has 1 fully saturated rings. The minimum Gasteiger partial charge on any atom is -0.402 e. The topological polar surface area (TPSA) is 93.9 Å². The van der Waals surface area contributed by atoms with Crippen LogP contribution in [0.3, 0.4) is 0 Å². The van der Waals surface area contributed by atoms with E-state index in [1.54, 1.807) is 34.2 Å². The van der Waals surface area contributed by atoms with E-state index < -0.39 is 16.0 Å². The summed E-state index contributed by atoms with van der Waals surface area (Å²) in [7, 11) is -3.55. The first-order chi connectivity index (χ1) is 18.5. The van der Waals surface area contributed by atoms with Crippen molar-refractivity contribution in [2.24, 2.45) is 4.99 Å². The van der Waals surface area contributed by atoms with Gasteiger partial charge in [-0.1, -0.05) is 30.7 Å². The van der Waals surface area contributed by atoms with Crippen molar-refractivity contribution in [2.75, 3.05) is 13.1 Å². The van der Waals surface area contributed by atoms with Crippen LogP contribution >= 0.6 is 11.3 Å². The van der Waals surface area contributed by atoms with Gasteiger partial charge in [-0.25, -0.2) is 22.9 Å². The van der Waals surface area contributed by atoms with Crippen molar-refractivity contribution in [2.45, 2.75) is 24.2 Å². The van der Waals surface area contributed by atoms with Gasteiger partial charge in [0.15, 0.2) is 5.70 Å². The number of piperidine rings is 1. The zero-order valence-electron chi connectivity index (χ0n) is 20.4. The maximum Gasteiger partial charge on any atom is 0.363 e. The highest BCUT2D eigenvalue weighted by molar-refractivity contribution is 7.89. The number of sulfonamides is 1. The summed E-state index contributed by atoms with van der Waals surface area (Å²) < 4.78 is 34.7. The number of esters is 1. The molecule has 8 nitrogen and oxygen atoms in total. The summed E-state index contributed by atoms with van der Waals surface area (Å²) in [5.41, 5.74) is 3.04. The number of cyclic esters (lactones) is 1. The molecule has 10 heteroatoms. The number of rotatable bonds is 6. The molecule has 4 aromatic rings. The molecule has 0 amide bonds. The molecule has 4 heterocycles. The Bertz CT molecular complexity index is 1630. The van der Waals surface area contributed by atoms with E-state index in [0.29, 0.717) is 18.7 Å². The quantitative estimate of drug-likeness (QED) is 0.248. The monoisotopic (exact) mass is 544 g/mol. The minimum absolute atomic E-state index is 0.135. The Balaban J connectivity index is 1.31. The van der Waals surface area contributed by atoms with E-state index in [2.05, 4.69) is 4.99 Å². The number of ether oxygens (including phenoxy) is 1. The van der Waals surface area contributed by atoms with Gasteiger partial charge in [-0.05, 0) is 66.8 Å². The second kappa shape index (κ2) is 10.1. The molecule has 0 atom stereocenters. The number of benzene rings is 2. The Morgan fingerprint density at radius 2 is 1.68 bits per heavy atom. The van der Waals surface area contributed by atoms with Gasteiger partial charge in [0, 0.05) is 30.4 Å². The van der Waals surface area contributed by atoms with Crippen LogP contribution in [0.4, 0.5) is 0 Å². The van der Waals surface area contributed by atoms with Gasteiger partial charge in [0.25, 0.3) is 0 Å². The summed E-state index contributed by atoms with van der Waals surface area (Å²) in [5.74, 6) is -0.439. The molecular weight excluding hydrogens is 520 g/mol. The molecule has 0 saturated carbocycles. The number of carbonyl (C=O) groups excluding carboxylic acids is 1. The van der Waals surface area contributed by atoms with E-state index in [1.807, 2.05) is 54.0 Å². The van der Waals surface area contributed by atoms with Crippen molar-refractivity contribution >= 4 is 39.3 Å². The first-order valence-electron chi connectivity index (χ1n) is 12.3. The highest BCUT2D eigenvalue weighted by Gasteiger charge is 2.28. The van der Waals surface area contributed by atoms with Gasteiger partial charge in [0.05, 0.1) is 15.5 Å². The molecule has 6 rings (SSSR count). The Labute approximate surface area is 224 Å². The molecule has 0 N–H and O–H groups in total. The highest BCUT2D eigenvalue weighted by atomic mass is 32.2. The lowest BCUT2D eigenvalue weighted by Gasteiger charge is -2.25. The molecule has 0 spiro atoms. The third kappa shape index (κ3) is 4.73. The fraction of sp³-hybridized carbons (Fsp3) is 0.179. The maximum atomic E-state index is 13.0. The van der Waals surface area contributed by atoms with E-state index in [-0.39, 0.29) is 16.5 Å². The summed E-state index contributed by atoms with van der Waals surface area (Å²) in [6.45, 7) is 1.08. The second-order valence-electron chi connectivity index (χ2n) is 9.02. The number of carbonyl (C=O) groups is 1. The molecule has 0 bridgehead atoms. The summed E-state index contributed by atoms with van der Waals surface area (Å²) in [5, 5.41) is 6.73. The van der Waals surface area contributed by atoms with Crippen LogP contribution in [-0.2, 0) is 19.6 Å². The largest absolute Gasteiger partial charge is 0.402 e. The summed E-state index contributed by atoms with van der Waals surface area (Å²) in [6.07, 6.45) is 6.33. The lowest BCUT2D eigenvalue weighted by atomic mass is 10.2. The number of aliphatic imine (C=N–C) groups is 1. The van der Waals surface area contributed by atoms with Gasteiger partial charge in [0.2, 0.25) is 15.9 Å². The normalized spacial score (nSPS) is 17.5. The van der Waals surface area contributed by atoms with Crippen molar-refractivity contribution in [3.8, 4) is 16.3 Å². The van der Waals surface area contributed by atoms with Crippen LogP contribution in [0.25, 0.3) is 22.3 Å². The van der Waals surface area contributed by atoms with Crippen LogP contribution in [-0.4, -0.2) is 47.5 Å². The number of hydrogen-bond donors (Lipinski definition) is 0.